The zero-order valence-electron chi connectivity index (χ0n) is 11.6. The standard InChI is InChI=1S/C13H26N2O/c1-12(2,3)10-11(16)14-8-7-9-15(10)13(4,5)6/h10H,7-9H2,1-6H3,(H,14,16)/t10-/m0/s1. The van der Waals surface area contributed by atoms with Crippen LogP contribution in [0.2, 0.25) is 0 Å². The van der Waals surface area contributed by atoms with Gasteiger partial charge in [0.2, 0.25) is 5.91 Å². The highest BCUT2D eigenvalue weighted by atomic mass is 16.2. The van der Waals surface area contributed by atoms with Gasteiger partial charge in [-0.2, -0.15) is 0 Å². The fourth-order valence-electron chi connectivity index (χ4n) is 2.41. The lowest BCUT2D eigenvalue weighted by Gasteiger charge is -2.45. The molecule has 0 bridgehead atoms. The number of amides is 1. The van der Waals surface area contributed by atoms with Crippen molar-refractivity contribution in [2.45, 2.75) is 59.5 Å². The van der Waals surface area contributed by atoms with Crippen LogP contribution >= 0.6 is 0 Å². The van der Waals surface area contributed by atoms with Crippen LogP contribution in [-0.2, 0) is 4.79 Å². The third kappa shape index (κ3) is 2.97. The zero-order valence-corrected chi connectivity index (χ0v) is 11.6. The maximum absolute atomic E-state index is 12.2. The van der Waals surface area contributed by atoms with Gasteiger partial charge in [0, 0.05) is 18.6 Å². The van der Waals surface area contributed by atoms with Gasteiger partial charge in [-0.15, -0.1) is 0 Å². The second-order valence-electron chi connectivity index (χ2n) is 6.78. The van der Waals surface area contributed by atoms with Crippen molar-refractivity contribution in [2.24, 2.45) is 5.41 Å². The first kappa shape index (κ1) is 13.5. The SMILES string of the molecule is CC(C)(C)[C@@H]1C(=O)NCCCN1C(C)(C)C. The van der Waals surface area contributed by atoms with Gasteiger partial charge in [-0.1, -0.05) is 20.8 Å². The van der Waals surface area contributed by atoms with E-state index in [1.54, 1.807) is 0 Å². The van der Waals surface area contributed by atoms with Crippen LogP contribution in [0, 0.1) is 5.41 Å². The Morgan fingerprint density at radius 3 is 2.19 bits per heavy atom. The van der Waals surface area contributed by atoms with Crippen LogP contribution in [0.5, 0.6) is 0 Å². The minimum Gasteiger partial charge on any atom is -0.355 e. The van der Waals surface area contributed by atoms with Crippen molar-refractivity contribution in [3.8, 4) is 0 Å². The van der Waals surface area contributed by atoms with Crippen LogP contribution in [0.4, 0.5) is 0 Å². The van der Waals surface area contributed by atoms with E-state index < -0.39 is 0 Å². The highest BCUT2D eigenvalue weighted by Crippen LogP contribution is 2.31. The average molecular weight is 226 g/mol. The summed E-state index contributed by atoms with van der Waals surface area (Å²) in [5.74, 6) is 0.180. The maximum atomic E-state index is 12.2. The van der Waals surface area contributed by atoms with Crippen molar-refractivity contribution in [1.82, 2.24) is 10.2 Å². The minimum absolute atomic E-state index is 0.0261. The second-order valence-corrected chi connectivity index (χ2v) is 6.78. The summed E-state index contributed by atoms with van der Waals surface area (Å²) in [4.78, 5) is 14.5. The maximum Gasteiger partial charge on any atom is 0.237 e. The molecule has 0 saturated carbocycles. The van der Waals surface area contributed by atoms with Crippen molar-refractivity contribution < 1.29 is 4.79 Å². The molecule has 1 aliphatic rings. The molecule has 0 aromatic carbocycles. The number of carbonyl (C=O) groups excluding carboxylic acids is 1. The summed E-state index contributed by atoms with van der Waals surface area (Å²) in [6.45, 7) is 14.8. The van der Waals surface area contributed by atoms with Crippen molar-refractivity contribution in [3.63, 3.8) is 0 Å². The molecule has 0 radical (unpaired) electrons. The molecule has 3 nitrogen and oxygen atoms in total. The van der Waals surface area contributed by atoms with E-state index in [9.17, 15) is 4.79 Å². The Balaban J connectivity index is 3.05. The van der Waals surface area contributed by atoms with Gasteiger partial charge >= 0.3 is 0 Å². The predicted molar refractivity (Wildman–Crippen MR) is 67.3 cm³/mol. The summed E-state index contributed by atoms with van der Waals surface area (Å²) in [7, 11) is 0. The zero-order chi connectivity index (χ0) is 12.6. The second kappa shape index (κ2) is 4.36. The quantitative estimate of drug-likeness (QED) is 0.685. The molecule has 1 rings (SSSR count). The monoisotopic (exact) mass is 226 g/mol. The van der Waals surface area contributed by atoms with Crippen molar-refractivity contribution in [2.75, 3.05) is 13.1 Å². The highest BCUT2D eigenvalue weighted by molar-refractivity contribution is 5.82. The topological polar surface area (TPSA) is 32.3 Å². The molecule has 1 aliphatic heterocycles. The summed E-state index contributed by atoms with van der Waals surface area (Å²) >= 11 is 0. The molecule has 1 amide bonds. The summed E-state index contributed by atoms with van der Waals surface area (Å²) < 4.78 is 0. The van der Waals surface area contributed by atoms with Gasteiger partial charge in [0.25, 0.3) is 0 Å². The highest BCUT2D eigenvalue weighted by Gasteiger charge is 2.41. The van der Waals surface area contributed by atoms with Crippen LogP contribution in [-0.4, -0.2) is 35.5 Å². The Kier molecular flexibility index (Phi) is 3.68. The van der Waals surface area contributed by atoms with E-state index in [1.807, 2.05) is 0 Å². The normalized spacial score (nSPS) is 25.1. The molecule has 1 atom stereocenters. The van der Waals surface area contributed by atoms with Crippen LogP contribution in [0.15, 0.2) is 0 Å². The predicted octanol–water partition coefficient (Wildman–Crippen LogP) is 2.02. The first-order valence-electron chi connectivity index (χ1n) is 6.18. The molecule has 0 aromatic heterocycles. The summed E-state index contributed by atoms with van der Waals surface area (Å²) in [6, 6.07) is -0.0324. The minimum atomic E-state index is -0.0324. The van der Waals surface area contributed by atoms with E-state index in [0.29, 0.717) is 0 Å². The Bertz CT molecular complexity index is 260. The third-order valence-electron chi connectivity index (χ3n) is 3.12. The number of carbonyl (C=O) groups is 1. The number of hydrogen-bond acceptors (Lipinski definition) is 2. The summed E-state index contributed by atoms with van der Waals surface area (Å²) in [6.07, 6.45) is 1.04. The third-order valence-corrected chi connectivity index (χ3v) is 3.12. The lowest BCUT2D eigenvalue weighted by molar-refractivity contribution is -0.132. The molecule has 0 aromatic rings. The molecular weight excluding hydrogens is 200 g/mol. The molecular formula is C13H26N2O. The Morgan fingerprint density at radius 2 is 1.75 bits per heavy atom. The number of nitrogens with one attached hydrogen (secondary N) is 1. The fraction of sp³-hybridized carbons (Fsp3) is 0.923. The summed E-state index contributed by atoms with van der Waals surface area (Å²) in [5, 5.41) is 3.02. The smallest absolute Gasteiger partial charge is 0.237 e. The van der Waals surface area contributed by atoms with E-state index in [-0.39, 0.29) is 22.9 Å². The van der Waals surface area contributed by atoms with Crippen molar-refractivity contribution in [1.29, 1.82) is 0 Å². The van der Waals surface area contributed by atoms with E-state index in [4.69, 9.17) is 0 Å². The van der Waals surface area contributed by atoms with Gasteiger partial charge < -0.3 is 5.32 Å². The van der Waals surface area contributed by atoms with Gasteiger partial charge in [-0.3, -0.25) is 9.69 Å². The Labute approximate surface area is 99.6 Å². The van der Waals surface area contributed by atoms with Crippen LogP contribution in [0.25, 0.3) is 0 Å². The lowest BCUT2D eigenvalue weighted by Crippen LogP contribution is -2.58. The molecule has 1 N–H and O–H groups in total. The van der Waals surface area contributed by atoms with Gasteiger partial charge in [-0.25, -0.2) is 0 Å². The van der Waals surface area contributed by atoms with Gasteiger partial charge in [-0.05, 0) is 32.6 Å². The van der Waals surface area contributed by atoms with Gasteiger partial charge in [0.05, 0.1) is 6.04 Å². The lowest BCUT2D eigenvalue weighted by atomic mass is 9.83. The number of rotatable bonds is 0. The molecule has 1 heterocycles. The molecule has 3 heteroatoms. The fourth-order valence-corrected chi connectivity index (χ4v) is 2.41. The first-order chi connectivity index (χ1) is 7.14. The summed E-state index contributed by atoms with van der Waals surface area (Å²) in [5.41, 5.74) is 0.0152. The molecule has 1 saturated heterocycles. The van der Waals surface area contributed by atoms with E-state index in [0.717, 1.165) is 19.5 Å². The van der Waals surface area contributed by atoms with E-state index in [1.165, 1.54) is 0 Å². The molecule has 16 heavy (non-hydrogen) atoms. The number of nitrogens with zero attached hydrogens (tertiary/aromatic N) is 1. The van der Waals surface area contributed by atoms with Gasteiger partial charge in [0.1, 0.15) is 0 Å². The molecule has 1 fully saturated rings. The van der Waals surface area contributed by atoms with Crippen LogP contribution < -0.4 is 5.32 Å². The largest absolute Gasteiger partial charge is 0.355 e. The van der Waals surface area contributed by atoms with Crippen molar-refractivity contribution in [3.05, 3.63) is 0 Å². The van der Waals surface area contributed by atoms with Gasteiger partial charge in [0.15, 0.2) is 0 Å². The molecule has 0 spiro atoms. The van der Waals surface area contributed by atoms with Crippen LogP contribution in [0.3, 0.4) is 0 Å². The molecule has 0 unspecified atom stereocenters. The van der Waals surface area contributed by atoms with E-state index in [2.05, 4.69) is 51.8 Å². The molecule has 0 aliphatic carbocycles. The molecule has 94 valence electrons. The van der Waals surface area contributed by atoms with E-state index >= 15 is 0 Å². The Hall–Kier alpha value is -0.570. The Morgan fingerprint density at radius 1 is 1.19 bits per heavy atom. The number of hydrogen-bond donors (Lipinski definition) is 1. The van der Waals surface area contributed by atoms with Crippen LogP contribution in [0.1, 0.15) is 48.0 Å². The average Bonchev–Trinajstić information content (AvgIpc) is 2.23. The van der Waals surface area contributed by atoms with Crippen molar-refractivity contribution >= 4 is 5.91 Å². The first-order valence-corrected chi connectivity index (χ1v) is 6.18.